The Hall–Kier alpha value is -2.42. The van der Waals surface area contributed by atoms with Gasteiger partial charge in [0.05, 0.1) is 6.04 Å². The van der Waals surface area contributed by atoms with Crippen molar-refractivity contribution in [1.82, 2.24) is 5.32 Å². The summed E-state index contributed by atoms with van der Waals surface area (Å²) in [7, 11) is 0. The van der Waals surface area contributed by atoms with Crippen molar-refractivity contribution in [3.05, 3.63) is 77.6 Å². The zero-order valence-corrected chi connectivity index (χ0v) is 11.2. The molecule has 0 aliphatic rings. The van der Waals surface area contributed by atoms with Gasteiger partial charge in [0.15, 0.2) is 0 Å². The maximum Gasteiger partial charge on any atom is 0.244 e. The molecule has 1 amide bonds. The third-order valence-electron chi connectivity index (χ3n) is 2.98. The van der Waals surface area contributed by atoms with E-state index < -0.39 is 0 Å². The molecule has 20 heavy (non-hydrogen) atoms. The summed E-state index contributed by atoms with van der Waals surface area (Å²) < 4.78 is 13.4. The van der Waals surface area contributed by atoms with Gasteiger partial charge in [0, 0.05) is 11.6 Å². The number of halogens is 1. The molecule has 102 valence electrons. The van der Waals surface area contributed by atoms with E-state index in [-0.39, 0.29) is 17.8 Å². The Bertz CT molecular complexity index is 607. The van der Waals surface area contributed by atoms with Crippen molar-refractivity contribution in [2.45, 2.75) is 13.0 Å². The fraction of sp³-hybridized carbons (Fsp3) is 0.118. The smallest absolute Gasteiger partial charge is 0.244 e. The molecule has 3 heteroatoms. The third-order valence-corrected chi connectivity index (χ3v) is 2.98. The lowest BCUT2D eigenvalue weighted by molar-refractivity contribution is -0.117. The Morgan fingerprint density at radius 1 is 1.10 bits per heavy atom. The molecule has 0 aliphatic heterocycles. The summed E-state index contributed by atoms with van der Waals surface area (Å²) in [4.78, 5) is 11.8. The second-order valence-corrected chi connectivity index (χ2v) is 4.50. The number of hydrogen-bond acceptors (Lipinski definition) is 1. The van der Waals surface area contributed by atoms with E-state index in [0.29, 0.717) is 5.56 Å². The first-order chi connectivity index (χ1) is 9.66. The van der Waals surface area contributed by atoms with Gasteiger partial charge in [-0.2, -0.15) is 0 Å². The molecule has 0 saturated heterocycles. The molecule has 0 aliphatic carbocycles. The predicted octanol–water partition coefficient (Wildman–Crippen LogP) is 3.72. The number of rotatable bonds is 4. The second-order valence-electron chi connectivity index (χ2n) is 4.50. The first-order valence-electron chi connectivity index (χ1n) is 6.45. The van der Waals surface area contributed by atoms with Gasteiger partial charge in [-0.05, 0) is 24.6 Å². The number of amides is 1. The molecule has 0 bridgehead atoms. The minimum Gasteiger partial charge on any atom is -0.346 e. The van der Waals surface area contributed by atoms with Crippen LogP contribution in [0.4, 0.5) is 4.39 Å². The molecule has 2 nitrogen and oxygen atoms in total. The van der Waals surface area contributed by atoms with Gasteiger partial charge < -0.3 is 5.32 Å². The number of hydrogen-bond donors (Lipinski definition) is 1. The normalized spacial score (nSPS) is 12.3. The zero-order chi connectivity index (χ0) is 14.4. The van der Waals surface area contributed by atoms with E-state index in [1.54, 1.807) is 18.2 Å². The molecule has 1 N–H and O–H groups in total. The molecule has 2 rings (SSSR count). The molecule has 0 radical (unpaired) electrons. The van der Waals surface area contributed by atoms with Crippen LogP contribution in [0.15, 0.2) is 60.7 Å². The lowest BCUT2D eigenvalue weighted by Gasteiger charge is -2.12. The van der Waals surface area contributed by atoms with Gasteiger partial charge >= 0.3 is 0 Å². The summed E-state index contributed by atoms with van der Waals surface area (Å²) in [5, 5.41) is 2.84. The van der Waals surface area contributed by atoms with E-state index in [1.807, 2.05) is 37.3 Å². The number of benzene rings is 2. The molecular weight excluding hydrogens is 253 g/mol. The molecule has 0 heterocycles. The zero-order valence-electron chi connectivity index (χ0n) is 11.2. The third kappa shape index (κ3) is 3.79. The van der Waals surface area contributed by atoms with Gasteiger partial charge in [-0.25, -0.2) is 4.39 Å². The number of carbonyl (C=O) groups is 1. The fourth-order valence-corrected chi connectivity index (χ4v) is 1.86. The Morgan fingerprint density at radius 3 is 2.45 bits per heavy atom. The van der Waals surface area contributed by atoms with Crippen molar-refractivity contribution in [1.29, 1.82) is 0 Å². The van der Waals surface area contributed by atoms with Gasteiger partial charge in [-0.1, -0.05) is 48.5 Å². The predicted molar refractivity (Wildman–Crippen MR) is 78.4 cm³/mol. The van der Waals surface area contributed by atoms with Gasteiger partial charge in [0.1, 0.15) is 5.82 Å². The molecule has 1 unspecified atom stereocenters. The average molecular weight is 269 g/mol. The average Bonchev–Trinajstić information content (AvgIpc) is 2.47. The van der Waals surface area contributed by atoms with Crippen molar-refractivity contribution in [3.8, 4) is 0 Å². The van der Waals surface area contributed by atoms with Crippen LogP contribution in [-0.2, 0) is 4.79 Å². The standard InChI is InChI=1S/C17H16FNO/c1-13(14-7-3-2-4-8-14)19-17(20)12-11-15-9-5-6-10-16(15)18/h2-13H,1H3,(H,19,20)/b12-11+. The Labute approximate surface area is 118 Å². The van der Waals surface area contributed by atoms with Crippen LogP contribution >= 0.6 is 0 Å². The number of nitrogens with one attached hydrogen (secondary N) is 1. The highest BCUT2D eigenvalue weighted by atomic mass is 19.1. The largest absolute Gasteiger partial charge is 0.346 e. The highest BCUT2D eigenvalue weighted by Crippen LogP contribution is 2.11. The molecular formula is C17H16FNO. The monoisotopic (exact) mass is 269 g/mol. The van der Waals surface area contributed by atoms with E-state index in [4.69, 9.17) is 0 Å². The SMILES string of the molecule is CC(NC(=O)/C=C/c1ccccc1F)c1ccccc1. The maximum absolute atomic E-state index is 13.4. The van der Waals surface area contributed by atoms with Crippen molar-refractivity contribution in [2.75, 3.05) is 0 Å². The van der Waals surface area contributed by atoms with Crippen LogP contribution in [0.25, 0.3) is 6.08 Å². The van der Waals surface area contributed by atoms with Gasteiger partial charge in [-0.3, -0.25) is 4.79 Å². The molecule has 2 aromatic rings. The summed E-state index contributed by atoms with van der Waals surface area (Å²) in [6.45, 7) is 1.91. The van der Waals surface area contributed by atoms with Crippen molar-refractivity contribution >= 4 is 12.0 Å². The second kappa shape index (κ2) is 6.66. The molecule has 1 atom stereocenters. The summed E-state index contributed by atoms with van der Waals surface area (Å²) in [6, 6.07) is 15.9. The topological polar surface area (TPSA) is 29.1 Å². The van der Waals surface area contributed by atoms with Crippen molar-refractivity contribution in [3.63, 3.8) is 0 Å². The van der Waals surface area contributed by atoms with Crippen LogP contribution in [0.3, 0.4) is 0 Å². The van der Waals surface area contributed by atoms with Crippen LogP contribution in [0, 0.1) is 5.82 Å². The summed E-state index contributed by atoms with van der Waals surface area (Å²) in [6.07, 6.45) is 2.82. The van der Waals surface area contributed by atoms with E-state index in [9.17, 15) is 9.18 Å². The lowest BCUT2D eigenvalue weighted by atomic mass is 10.1. The molecule has 0 saturated carbocycles. The van der Waals surface area contributed by atoms with Gasteiger partial charge in [0.25, 0.3) is 0 Å². The van der Waals surface area contributed by atoms with Crippen LogP contribution < -0.4 is 5.32 Å². The lowest BCUT2D eigenvalue weighted by Crippen LogP contribution is -2.24. The van der Waals surface area contributed by atoms with E-state index >= 15 is 0 Å². The van der Waals surface area contributed by atoms with Gasteiger partial charge in [-0.15, -0.1) is 0 Å². The molecule has 0 spiro atoms. The van der Waals surface area contributed by atoms with E-state index in [1.165, 1.54) is 18.2 Å². The molecule has 2 aromatic carbocycles. The Morgan fingerprint density at radius 2 is 1.75 bits per heavy atom. The van der Waals surface area contributed by atoms with Crippen LogP contribution in [0.5, 0.6) is 0 Å². The maximum atomic E-state index is 13.4. The van der Waals surface area contributed by atoms with E-state index in [0.717, 1.165) is 5.56 Å². The Kier molecular flexibility index (Phi) is 4.66. The summed E-state index contributed by atoms with van der Waals surface area (Å²) >= 11 is 0. The first kappa shape index (κ1) is 14.0. The highest BCUT2D eigenvalue weighted by molar-refractivity contribution is 5.92. The van der Waals surface area contributed by atoms with Crippen molar-refractivity contribution in [2.24, 2.45) is 0 Å². The summed E-state index contributed by atoms with van der Waals surface area (Å²) in [5.41, 5.74) is 1.43. The highest BCUT2D eigenvalue weighted by Gasteiger charge is 2.06. The van der Waals surface area contributed by atoms with Crippen molar-refractivity contribution < 1.29 is 9.18 Å². The van der Waals surface area contributed by atoms with Crippen LogP contribution in [0.1, 0.15) is 24.1 Å². The van der Waals surface area contributed by atoms with E-state index in [2.05, 4.69) is 5.32 Å². The quantitative estimate of drug-likeness (QED) is 0.842. The summed E-state index contributed by atoms with van der Waals surface area (Å²) in [5.74, 6) is -0.586. The minimum atomic E-state index is -0.340. The first-order valence-corrected chi connectivity index (χ1v) is 6.45. The molecule has 0 aromatic heterocycles. The van der Waals surface area contributed by atoms with Gasteiger partial charge in [0.2, 0.25) is 5.91 Å². The minimum absolute atomic E-state index is 0.0889. The van der Waals surface area contributed by atoms with Crippen LogP contribution in [-0.4, -0.2) is 5.91 Å². The molecule has 0 fully saturated rings. The van der Waals surface area contributed by atoms with Crippen LogP contribution in [0.2, 0.25) is 0 Å². The Balaban J connectivity index is 1.98. The fourth-order valence-electron chi connectivity index (χ4n) is 1.86. The number of carbonyl (C=O) groups excluding carboxylic acids is 1.